The van der Waals surface area contributed by atoms with Gasteiger partial charge in [0.15, 0.2) is 9.84 Å². The van der Waals surface area contributed by atoms with E-state index in [4.69, 9.17) is 0 Å². The van der Waals surface area contributed by atoms with Gasteiger partial charge >= 0.3 is 5.97 Å². The second-order valence-electron chi connectivity index (χ2n) is 11.2. The van der Waals surface area contributed by atoms with Gasteiger partial charge in [-0.1, -0.05) is 31.0 Å². The smallest absolute Gasteiger partial charge is 0.320 e. The number of benzene rings is 1. The molecule has 202 valence electrons. The second-order valence-corrected chi connectivity index (χ2v) is 14.5. The molecule has 0 radical (unpaired) electrons. The lowest BCUT2D eigenvalue weighted by Gasteiger charge is -2.34. The number of thiophene rings is 1. The predicted octanol–water partition coefficient (Wildman–Crippen LogP) is 4.73. The Bertz CT molecular complexity index is 1160. The number of sulfone groups is 1. The normalized spacial score (nSPS) is 24.9. The number of hydrogen-bond acceptors (Lipinski definition) is 6. The molecule has 0 bridgehead atoms. The Morgan fingerprint density at radius 1 is 1.08 bits per heavy atom. The van der Waals surface area contributed by atoms with Crippen molar-refractivity contribution in [3.63, 3.8) is 0 Å². The maximum absolute atomic E-state index is 14.1. The molecule has 0 amide bonds. The summed E-state index contributed by atoms with van der Waals surface area (Å²) in [5.74, 6) is 0.471. The highest BCUT2D eigenvalue weighted by atomic mass is 32.2. The molecule has 6 nitrogen and oxygen atoms in total. The molecule has 2 saturated heterocycles. The molecule has 1 unspecified atom stereocenters. The van der Waals surface area contributed by atoms with Gasteiger partial charge in [0.05, 0.1) is 5.75 Å². The number of rotatable bonds is 11. The van der Waals surface area contributed by atoms with E-state index in [9.17, 15) is 22.7 Å². The van der Waals surface area contributed by atoms with Crippen LogP contribution in [0.25, 0.3) is 0 Å². The number of carboxylic acids is 1. The summed E-state index contributed by atoms with van der Waals surface area (Å²) >= 11 is 1.28. The third-order valence-electron chi connectivity index (χ3n) is 8.52. The van der Waals surface area contributed by atoms with Gasteiger partial charge in [0.2, 0.25) is 0 Å². The van der Waals surface area contributed by atoms with E-state index < -0.39 is 21.8 Å². The molecule has 2 aliphatic heterocycles. The average Bonchev–Trinajstić information content (AvgIpc) is 3.34. The van der Waals surface area contributed by atoms with Gasteiger partial charge in [0, 0.05) is 25.6 Å². The molecular formula is C28H37FN2O4S2. The van der Waals surface area contributed by atoms with E-state index in [-0.39, 0.29) is 23.4 Å². The summed E-state index contributed by atoms with van der Waals surface area (Å²) in [6.07, 6.45) is 5.59. The van der Waals surface area contributed by atoms with Crippen molar-refractivity contribution in [1.29, 1.82) is 0 Å². The first-order valence-corrected chi connectivity index (χ1v) is 16.0. The summed E-state index contributed by atoms with van der Waals surface area (Å²) in [6, 6.07) is 9.79. The molecule has 2 aromatic rings. The minimum Gasteiger partial charge on any atom is -0.480 e. The number of piperidine rings is 1. The quantitative estimate of drug-likeness (QED) is 0.438. The van der Waals surface area contributed by atoms with Crippen molar-refractivity contribution in [2.45, 2.75) is 54.7 Å². The maximum Gasteiger partial charge on any atom is 0.320 e. The highest BCUT2D eigenvalue weighted by molar-refractivity contribution is 7.93. The van der Waals surface area contributed by atoms with Crippen LogP contribution < -0.4 is 0 Å². The third-order valence-corrected chi connectivity index (χ3v) is 11.8. The number of nitrogens with zero attached hydrogens (tertiary/aromatic N) is 2. The van der Waals surface area contributed by atoms with Crippen LogP contribution in [-0.4, -0.2) is 73.8 Å². The van der Waals surface area contributed by atoms with Crippen LogP contribution in [0.2, 0.25) is 0 Å². The summed E-state index contributed by atoms with van der Waals surface area (Å²) in [4.78, 5) is 16.7. The fourth-order valence-electron chi connectivity index (χ4n) is 6.19. The Labute approximate surface area is 223 Å². The molecule has 1 N–H and O–H groups in total. The standard InChI is InChI=1S/C28H37FN2O4S2/c29-24-4-1-3-22(16-24)25-19-31(26(28(32)33)15-21-6-7-21)18-23(25)17-30-11-8-20(9-12-30)10-14-37(34,35)27-5-2-13-36-27/h1-5,13,16,20-21,23,25-26H,6-12,14-15,17-19H2,(H,32,33)/t23-,25+,26?/m0/s1. The van der Waals surface area contributed by atoms with Crippen LogP contribution in [-0.2, 0) is 14.6 Å². The lowest BCUT2D eigenvalue weighted by Crippen LogP contribution is -2.42. The molecule has 5 rings (SSSR count). The third kappa shape index (κ3) is 6.80. The van der Waals surface area contributed by atoms with Crippen LogP contribution in [0.15, 0.2) is 46.0 Å². The van der Waals surface area contributed by atoms with Crippen LogP contribution in [0.1, 0.15) is 50.0 Å². The van der Waals surface area contributed by atoms with Crippen molar-refractivity contribution < 1.29 is 22.7 Å². The molecule has 37 heavy (non-hydrogen) atoms. The zero-order valence-corrected chi connectivity index (χ0v) is 22.8. The zero-order chi connectivity index (χ0) is 26.0. The fourth-order valence-corrected chi connectivity index (χ4v) is 8.77. The van der Waals surface area contributed by atoms with E-state index >= 15 is 0 Å². The van der Waals surface area contributed by atoms with Crippen LogP contribution in [0, 0.1) is 23.6 Å². The number of hydrogen-bond donors (Lipinski definition) is 1. The molecule has 1 saturated carbocycles. The summed E-state index contributed by atoms with van der Waals surface area (Å²) < 4.78 is 39.7. The van der Waals surface area contributed by atoms with Gasteiger partial charge in [-0.15, -0.1) is 11.3 Å². The molecule has 3 heterocycles. The average molecular weight is 549 g/mol. The van der Waals surface area contributed by atoms with Crippen molar-refractivity contribution in [2.24, 2.45) is 17.8 Å². The first-order valence-electron chi connectivity index (χ1n) is 13.5. The Morgan fingerprint density at radius 3 is 2.51 bits per heavy atom. The number of carboxylic acid groups (broad SMARTS) is 1. The number of likely N-dealkylation sites (tertiary alicyclic amines) is 2. The predicted molar refractivity (Wildman–Crippen MR) is 143 cm³/mol. The van der Waals surface area contributed by atoms with Crippen molar-refractivity contribution in [3.8, 4) is 0 Å². The van der Waals surface area contributed by atoms with Gasteiger partial charge in [-0.05, 0) is 85.7 Å². The first kappa shape index (κ1) is 26.8. The monoisotopic (exact) mass is 548 g/mol. The van der Waals surface area contributed by atoms with E-state index in [1.165, 1.54) is 17.4 Å². The Balaban J connectivity index is 1.20. The molecule has 1 aliphatic carbocycles. The molecule has 3 aliphatic rings. The maximum atomic E-state index is 14.1. The molecule has 1 aromatic carbocycles. The minimum absolute atomic E-state index is 0.102. The van der Waals surface area contributed by atoms with E-state index in [1.807, 2.05) is 6.07 Å². The minimum atomic E-state index is -3.19. The van der Waals surface area contributed by atoms with Crippen LogP contribution >= 0.6 is 11.3 Å². The Morgan fingerprint density at radius 2 is 1.86 bits per heavy atom. The zero-order valence-electron chi connectivity index (χ0n) is 21.2. The van der Waals surface area contributed by atoms with Gasteiger partial charge in [-0.3, -0.25) is 9.69 Å². The molecular weight excluding hydrogens is 511 g/mol. The molecule has 1 aromatic heterocycles. The highest BCUT2D eigenvalue weighted by Gasteiger charge is 2.42. The van der Waals surface area contributed by atoms with Gasteiger partial charge in [-0.2, -0.15) is 0 Å². The largest absolute Gasteiger partial charge is 0.480 e. The SMILES string of the molecule is O=C(O)C(CC1CC1)N1C[C@H](CN2CCC(CCS(=O)(=O)c3cccs3)CC2)[C@@H](c2cccc(F)c2)C1. The summed E-state index contributed by atoms with van der Waals surface area (Å²) in [7, 11) is -3.19. The van der Waals surface area contributed by atoms with Gasteiger partial charge in [0.1, 0.15) is 16.1 Å². The second kappa shape index (κ2) is 11.5. The summed E-state index contributed by atoms with van der Waals surface area (Å²) in [5.41, 5.74) is 0.955. The summed E-state index contributed by atoms with van der Waals surface area (Å²) in [6.45, 7) is 4.05. The van der Waals surface area contributed by atoms with Gasteiger partial charge in [0.25, 0.3) is 0 Å². The van der Waals surface area contributed by atoms with Gasteiger partial charge in [-0.25, -0.2) is 12.8 Å². The number of aliphatic carboxylic acids is 1. The molecule has 3 atom stereocenters. The Kier molecular flexibility index (Phi) is 8.34. The van der Waals surface area contributed by atoms with Crippen molar-refractivity contribution in [3.05, 3.63) is 53.2 Å². The first-order chi connectivity index (χ1) is 17.8. The topological polar surface area (TPSA) is 77.9 Å². The van der Waals surface area contributed by atoms with Crippen LogP contribution in [0.5, 0.6) is 0 Å². The highest BCUT2D eigenvalue weighted by Crippen LogP contribution is 2.39. The molecule has 0 spiro atoms. The van der Waals surface area contributed by atoms with Gasteiger partial charge < -0.3 is 10.0 Å². The van der Waals surface area contributed by atoms with Crippen LogP contribution in [0.4, 0.5) is 4.39 Å². The fraction of sp³-hybridized carbons (Fsp3) is 0.607. The van der Waals surface area contributed by atoms with Crippen molar-refractivity contribution in [1.82, 2.24) is 9.80 Å². The van der Waals surface area contributed by atoms with E-state index in [2.05, 4.69) is 9.80 Å². The number of carbonyl (C=O) groups is 1. The number of halogens is 1. The van der Waals surface area contributed by atoms with Crippen molar-refractivity contribution in [2.75, 3.05) is 38.5 Å². The molecule has 9 heteroatoms. The van der Waals surface area contributed by atoms with E-state index in [0.717, 1.165) is 50.9 Å². The van der Waals surface area contributed by atoms with E-state index in [1.54, 1.807) is 29.6 Å². The van der Waals surface area contributed by atoms with E-state index in [0.29, 0.717) is 42.0 Å². The lowest BCUT2D eigenvalue weighted by molar-refractivity contribution is -0.143. The molecule has 3 fully saturated rings. The lowest BCUT2D eigenvalue weighted by atomic mass is 9.87. The summed E-state index contributed by atoms with van der Waals surface area (Å²) in [5, 5.41) is 11.8. The van der Waals surface area contributed by atoms with Crippen LogP contribution in [0.3, 0.4) is 0 Å². The Hall–Kier alpha value is -1.81. The van der Waals surface area contributed by atoms with Crippen molar-refractivity contribution >= 4 is 27.1 Å².